The second-order valence-electron chi connectivity index (χ2n) is 3.90. The number of nitrogens with zero attached hydrogens (tertiary/aromatic N) is 2. The number of imidazole rings is 1. The molecule has 0 aliphatic heterocycles. The minimum absolute atomic E-state index is 0.0727. The van der Waals surface area contributed by atoms with E-state index in [2.05, 4.69) is 9.55 Å². The van der Waals surface area contributed by atoms with Crippen molar-refractivity contribution in [2.75, 3.05) is 0 Å². The minimum atomic E-state index is -0.0727. The standard InChI is InChI=1S/C10H16N2O/c1-12-7-6-11-10(12)8-2-4-9(13)5-3-8/h6-9,13H,2-5H2,1H3. The molecule has 13 heavy (non-hydrogen) atoms. The number of aliphatic hydroxyl groups excluding tert-OH is 1. The number of aliphatic hydroxyl groups is 1. The van der Waals surface area contributed by atoms with Crippen molar-refractivity contribution in [3.05, 3.63) is 18.2 Å². The number of hydrogen-bond donors (Lipinski definition) is 1. The Bertz CT molecular complexity index is 274. The van der Waals surface area contributed by atoms with Crippen LogP contribution >= 0.6 is 0 Å². The molecule has 0 aromatic carbocycles. The molecular weight excluding hydrogens is 164 g/mol. The molecule has 72 valence electrons. The van der Waals surface area contributed by atoms with Gasteiger partial charge in [-0.1, -0.05) is 0 Å². The molecule has 3 nitrogen and oxygen atoms in total. The van der Waals surface area contributed by atoms with Crippen LogP contribution in [0.5, 0.6) is 0 Å². The Morgan fingerprint density at radius 3 is 2.62 bits per heavy atom. The summed E-state index contributed by atoms with van der Waals surface area (Å²) in [6.45, 7) is 0. The van der Waals surface area contributed by atoms with Gasteiger partial charge in [-0.2, -0.15) is 0 Å². The van der Waals surface area contributed by atoms with Gasteiger partial charge < -0.3 is 9.67 Å². The maximum atomic E-state index is 9.37. The van der Waals surface area contributed by atoms with Crippen molar-refractivity contribution >= 4 is 0 Å². The summed E-state index contributed by atoms with van der Waals surface area (Å²) in [4.78, 5) is 4.35. The highest BCUT2D eigenvalue weighted by Gasteiger charge is 2.22. The molecule has 1 aliphatic carbocycles. The highest BCUT2D eigenvalue weighted by atomic mass is 16.3. The summed E-state index contributed by atoms with van der Waals surface area (Å²) in [5.74, 6) is 1.73. The summed E-state index contributed by atoms with van der Waals surface area (Å²) in [5.41, 5.74) is 0. The smallest absolute Gasteiger partial charge is 0.111 e. The first kappa shape index (κ1) is 8.75. The van der Waals surface area contributed by atoms with Gasteiger partial charge in [-0.15, -0.1) is 0 Å². The number of aryl methyl sites for hydroxylation is 1. The molecule has 0 bridgehead atoms. The Morgan fingerprint density at radius 1 is 1.38 bits per heavy atom. The maximum Gasteiger partial charge on any atom is 0.111 e. The van der Waals surface area contributed by atoms with E-state index >= 15 is 0 Å². The van der Waals surface area contributed by atoms with E-state index in [0.29, 0.717) is 5.92 Å². The van der Waals surface area contributed by atoms with Crippen LogP contribution in [0.15, 0.2) is 12.4 Å². The van der Waals surface area contributed by atoms with Crippen LogP contribution in [0.2, 0.25) is 0 Å². The number of hydrogen-bond acceptors (Lipinski definition) is 2. The van der Waals surface area contributed by atoms with E-state index in [1.807, 2.05) is 19.4 Å². The van der Waals surface area contributed by atoms with Crippen LogP contribution in [0.1, 0.15) is 37.4 Å². The summed E-state index contributed by atoms with van der Waals surface area (Å²) in [7, 11) is 2.04. The van der Waals surface area contributed by atoms with Gasteiger partial charge in [0, 0.05) is 25.4 Å². The molecule has 1 fully saturated rings. The predicted molar refractivity (Wildman–Crippen MR) is 50.4 cm³/mol. The molecule has 1 aromatic rings. The average Bonchev–Trinajstić information content (AvgIpc) is 2.53. The Hall–Kier alpha value is -0.830. The van der Waals surface area contributed by atoms with Gasteiger partial charge in [0.15, 0.2) is 0 Å². The molecular formula is C10H16N2O. The highest BCUT2D eigenvalue weighted by Crippen LogP contribution is 2.31. The summed E-state index contributed by atoms with van der Waals surface area (Å²) in [6.07, 6.45) is 7.77. The molecule has 1 N–H and O–H groups in total. The molecule has 1 aliphatic rings. The summed E-state index contributed by atoms with van der Waals surface area (Å²) >= 11 is 0. The van der Waals surface area contributed by atoms with Gasteiger partial charge in [-0.3, -0.25) is 0 Å². The summed E-state index contributed by atoms with van der Waals surface area (Å²) in [5, 5.41) is 9.37. The SMILES string of the molecule is Cn1ccnc1C1CCC(O)CC1. The van der Waals surface area contributed by atoms with Gasteiger partial charge in [-0.05, 0) is 25.7 Å². The van der Waals surface area contributed by atoms with E-state index in [1.165, 1.54) is 5.82 Å². The number of rotatable bonds is 1. The Morgan fingerprint density at radius 2 is 2.08 bits per heavy atom. The Balaban J connectivity index is 2.06. The van der Waals surface area contributed by atoms with Crippen molar-refractivity contribution in [1.82, 2.24) is 9.55 Å². The Labute approximate surface area is 78.4 Å². The highest BCUT2D eigenvalue weighted by molar-refractivity contribution is 5.01. The molecule has 0 amide bonds. The second kappa shape index (κ2) is 3.50. The van der Waals surface area contributed by atoms with E-state index < -0.39 is 0 Å². The third kappa shape index (κ3) is 1.75. The van der Waals surface area contributed by atoms with Gasteiger partial charge in [0.2, 0.25) is 0 Å². The molecule has 0 spiro atoms. The van der Waals surface area contributed by atoms with Crippen LogP contribution in [-0.2, 0) is 7.05 Å². The quantitative estimate of drug-likeness (QED) is 0.710. The lowest BCUT2D eigenvalue weighted by molar-refractivity contribution is 0.121. The van der Waals surface area contributed by atoms with Crippen LogP contribution in [0.25, 0.3) is 0 Å². The lowest BCUT2D eigenvalue weighted by Crippen LogP contribution is -2.19. The van der Waals surface area contributed by atoms with Crippen LogP contribution in [0.3, 0.4) is 0 Å². The zero-order valence-corrected chi connectivity index (χ0v) is 7.98. The van der Waals surface area contributed by atoms with E-state index in [9.17, 15) is 5.11 Å². The van der Waals surface area contributed by atoms with Gasteiger partial charge in [-0.25, -0.2) is 4.98 Å². The first-order valence-corrected chi connectivity index (χ1v) is 4.92. The van der Waals surface area contributed by atoms with E-state index in [0.717, 1.165) is 25.7 Å². The molecule has 1 aromatic heterocycles. The van der Waals surface area contributed by atoms with E-state index in [1.54, 1.807) is 0 Å². The fourth-order valence-electron chi connectivity index (χ4n) is 2.10. The third-order valence-electron chi connectivity index (χ3n) is 2.92. The topological polar surface area (TPSA) is 38.0 Å². The Kier molecular flexibility index (Phi) is 2.36. The lowest BCUT2D eigenvalue weighted by Gasteiger charge is -2.24. The molecule has 2 rings (SSSR count). The van der Waals surface area contributed by atoms with Crippen molar-refractivity contribution in [2.24, 2.45) is 7.05 Å². The van der Waals surface area contributed by atoms with Gasteiger partial charge in [0.05, 0.1) is 6.10 Å². The monoisotopic (exact) mass is 180 g/mol. The van der Waals surface area contributed by atoms with Crippen LogP contribution in [0, 0.1) is 0 Å². The van der Waals surface area contributed by atoms with Gasteiger partial charge in [0.25, 0.3) is 0 Å². The first-order chi connectivity index (χ1) is 6.27. The van der Waals surface area contributed by atoms with Crippen LogP contribution < -0.4 is 0 Å². The summed E-state index contributed by atoms with van der Waals surface area (Å²) < 4.78 is 2.09. The van der Waals surface area contributed by atoms with E-state index in [4.69, 9.17) is 0 Å². The van der Waals surface area contributed by atoms with Gasteiger partial charge >= 0.3 is 0 Å². The molecule has 3 heteroatoms. The van der Waals surface area contributed by atoms with Crippen LogP contribution in [0.4, 0.5) is 0 Å². The van der Waals surface area contributed by atoms with Crippen LogP contribution in [-0.4, -0.2) is 20.8 Å². The van der Waals surface area contributed by atoms with Crippen molar-refractivity contribution in [2.45, 2.75) is 37.7 Å². The van der Waals surface area contributed by atoms with Gasteiger partial charge in [0.1, 0.15) is 5.82 Å². The molecule has 1 saturated carbocycles. The molecule has 0 atom stereocenters. The van der Waals surface area contributed by atoms with E-state index in [-0.39, 0.29) is 6.10 Å². The minimum Gasteiger partial charge on any atom is -0.393 e. The first-order valence-electron chi connectivity index (χ1n) is 4.92. The lowest BCUT2D eigenvalue weighted by atomic mass is 9.87. The molecule has 1 heterocycles. The normalized spacial score (nSPS) is 29.1. The molecule has 0 unspecified atom stereocenters. The molecule has 0 radical (unpaired) electrons. The maximum absolute atomic E-state index is 9.37. The average molecular weight is 180 g/mol. The molecule has 0 saturated heterocycles. The fourth-order valence-corrected chi connectivity index (χ4v) is 2.10. The third-order valence-corrected chi connectivity index (χ3v) is 2.92. The van der Waals surface area contributed by atoms with Crippen molar-refractivity contribution in [1.29, 1.82) is 0 Å². The largest absolute Gasteiger partial charge is 0.393 e. The fraction of sp³-hybridized carbons (Fsp3) is 0.700. The zero-order valence-electron chi connectivity index (χ0n) is 7.98. The predicted octanol–water partition coefficient (Wildman–Crippen LogP) is 1.44. The zero-order chi connectivity index (χ0) is 9.26. The van der Waals surface area contributed by atoms with Crippen molar-refractivity contribution in [3.63, 3.8) is 0 Å². The second-order valence-corrected chi connectivity index (χ2v) is 3.90. The number of aromatic nitrogens is 2. The van der Waals surface area contributed by atoms with Crippen molar-refractivity contribution < 1.29 is 5.11 Å². The summed E-state index contributed by atoms with van der Waals surface area (Å²) in [6, 6.07) is 0. The van der Waals surface area contributed by atoms with Crippen molar-refractivity contribution in [3.8, 4) is 0 Å².